The van der Waals surface area contributed by atoms with E-state index in [9.17, 15) is 18.5 Å². The molecule has 2 atom stereocenters. The Bertz CT molecular complexity index is 784. The summed E-state index contributed by atoms with van der Waals surface area (Å²) in [7, 11) is -1.81. The van der Waals surface area contributed by atoms with Crippen LogP contribution >= 0.6 is 24.0 Å². The van der Waals surface area contributed by atoms with E-state index in [0.717, 1.165) is 18.7 Å². The lowest BCUT2D eigenvalue weighted by molar-refractivity contribution is -0.384. The highest BCUT2D eigenvalue weighted by molar-refractivity contribution is 14.0. The number of guanidine groups is 1. The Hall–Kier alpha value is -1.63. The third-order valence-corrected chi connectivity index (χ3v) is 5.09. The number of halogens is 1. The van der Waals surface area contributed by atoms with Crippen molar-refractivity contribution in [1.82, 2.24) is 10.6 Å². The number of nitro groups is 1. The second kappa shape index (κ2) is 9.35. The SMILES string of the molecule is CN=C(NCCNc1ccc(S(C)(=O)=O)cc1[N+](=O)[O-])NC1CC1C.I. The van der Waals surface area contributed by atoms with Gasteiger partial charge in [0.2, 0.25) is 0 Å². The van der Waals surface area contributed by atoms with Crippen molar-refractivity contribution < 1.29 is 13.3 Å². The monoisotopic (exact) mass is 497 g/mol. The molecule has 1 aliphatic rings. The number of aliphatic imine (C=N–C) groups is 1. The fourth-order valence-electron chi connectivity index (χ4n) is 2.31. The van der Waals surface area contributed by atoms with E-state index in [1.165, 1.54) is 12.1 Å². The molecule has 1 aromatic carbocycles. The molecule has 1 aromatic rings. The van der Waals surface area contributed by atoms with Crippen molar-refractivity contribution in [2.75, 3.05) is 31.7 Å². The van der Waals surface area contributed by atoms with Gasteiger partial charge in [0, 0.05) is 38.5 Å². The zero-order valence-electron chi connectivity index (χ0n) is 14.9. The van der Waals surface area contributed by atoms with Crippen LogP contribution in [0.15, 0.2) is 28.1 Å². The van der Waals surface area contributed by atoms with Gasteiger partial charge in [0.1, 0.15) is 5.69 Å². The molecule has 1 saturated carbocycles. The fourth-order valence-corrected chi connectivity index (χ4v) is 2.96. The van der Waals surface area contributed by atoms with Crippen LogP contribution < -0.4 is 16.0 Å². The van der Waals surface area contributed by atoms with E-state index in [0.29, 0.717) is 31.0 Å². The lowest BCUT2D eigenvalue weighted by Gasteiger charge is -2.13. The fraction of sp³-hybridized carbons (Fsp3) is 0.533. The van der Waals surface area contributed by atoms with Crippen LogP contribution in [0.2, 0.25) is 0 Å². The van der Waals surface area contributed by atoms with Crippen LogP contribution in [0.25, 0.3) is 0 Å². The normalized spacial score (nSPS) is 19.3. The Morgan fingerprint density at radius 1 is 1.38 bits per heavy atom. The number of nitrogens with zero attached hydrogens (tertiary/aromatic N) is 2. The van der Waals surface area contributed by atoms with Gasteiger partial charge >= 0.3 is 0 Å². The first kappa shape index (κ1) is 22.4. The van der Waals surface area contributed by atoms with Crippen LogP contribution in [0.1, 0.15) is 13.3 Å². The van der Waals surface area contributed by atoms with E-state index in [1.54, 1.807) is 7.05 Å². The number of nitrogens with one attached hydrogen (secondary N) is 3. The molecule has 0 bridgehead atoms. The van der Waals surface area contributed by atoms with Gasteiger partial charge in [-0.1, -0.05) is 6.92 Å². The Labute approximate surface area is 170 Å². The smallest absolute Gasteiger partial charge is 0.293 e. The molecule has 0 heterocycles. The quantitative estimate of drug-likeness (QED) is 0.131. The molecule has 0 amide bonds. The van der Waals surface area contributed by atoms with Gasteiger partial charge in [-0.25, -0.2) is 8.42 Å². The average molecular weight is 497 g/mol. The van der Waals surface area contributed by atoms with Gasteiger partial charge in [-0.2, -0.15) is 0 Å². The number of anilines is 1. The molecule has 1 fully saturated rings. The van der Waals surface area contributed by atoms with E-state index in [-0.39, 0.29) is 40.2 Å². The molecule has 0 aromatic heterocycles. The summed E-state index contributed by atoms with van der Waals surface area (Å²) in [6, 6.07) is 4.28. The molecule has 1 aliphatic carbocycles. The van der Waals surface area contributed by atoms with Crippen molar-refractivity contribution in [3.8, 4) is 0 Å². The Balaban J connectivity index is 0.00000338. The maximum atomic E-state index is 11.5. The summed E-state index contributed by atoms with van der Waals surface area (Å²) in [4.78, 5) is 14.6. The van der Waals surface area contributed by atoms with E-state index < -0.39 is 14.8 Å². The third-order valence-electron chi connectivity index (χ3n) is 3.98. The van der Waals surface area contributed by atoms with Crippen molar-refractivity contribution in [2.24, 2.45) is 10.9 Å². The van der Waals surface area contributed by atoms with E-state index in [1.807, 2.05) is 0 Å². The Morgan fingerprint density at radius 2 is 2.04 bits per heavy atom. The van der Waals surface area contributed by atoms with Crippen molar-refractivity contribution in [2.45, 2.75) is 24.3 Å². The van der Waals surface area contributed by atoms with Gasteiger partial charge in [-0.05, 0) is 24.5 Å². The van der Waals surface area contributed by atoms with Crippen molar-refractivity contribution >= 4 is 51.1 Å². The molecule has 2 rings (SSSR count). The summed E-state index contributed by atoms with van der Waals surface area (Å²) < 4.78 is 23.1. The van der Waals surface area contributed by atoms with Crippen LogP contribution in [-0.4, -0.2) is 51.7 Å². The zero-order valence-corrected chi connectivity index (χ0v) is 18.0. The van der Waals surface area contributed by atoms with E-state index in [2.05, 4.69) is 27.9 Å². The number of hydrogen-bond donors (Lipinski definition) is 3. The summed E-state index contributed by atoms with van der Waals surface area (Å²) in [6.07, 6.45) is 2.14. The average Bonchev–Trinajstić information content (AvgIpc) is 3.24. The second-order valence-electron chi connectivity index (χ2n) is 6.10. The topological polar surface area (TPSA) is 126 Å². The molecule has 0 spiro atoms. The van der Waals surface area contributed by atoms with Crippen molar-refractivity contribution in [1.29, 1.82) is 0 Å². The standard InChI is InChI=1S/C15H23N5O4S.HI/c1-10-8-13(10)19-15(16-2)18-7-6-17-12-5-4-11(25(3,23)24)9-14(12)20(21)22;/h4-5,9-10,13,17H,6-8H2,1-3H3,(H2,16,18,19);1H. The molecule has 9 nitrogen and oxygen atoms in total. The number of sulfone groups is 1. The predicted molar refractivity (Wildman–Crippen MR) is 112 cm³/mol. The highest BCUT2D eigenvalue weighted by Crippen LogP contribution is 2.29. The summed E-state index contributed by atoms with van der Waals surface area (Å²) in [5.41, 5.74) is 0.00944. The molecule has 3 N–H and O–H groups in total. The largest absolute Gasteiger partial charge is 0.378 e. The molecular formula is C15H24IN5O4S. The third kappa shape index (κ3) is 6.27. The maximum Gasteiger partial charge on any atom is 0.293 e. The molecule has 146 valence electrons. The number of hydrogen-bond acceptors (Lipinski definition) is 6. The lowest BCUT2D eigenvalue weighted by Crippen LogP contribution is -2.41. The van der Waals surface area contributed by atoms with Crippen molar-refractivity contribution in [3.63, 3.8) is 0 Å². The highest BCUT2D eigenvalue weighted by Gasteiger charge is 2.33. The van der Waals surface area contributed by atoms with Crippen LogP contribution in [0.5, 0.6) is 0 Å². The summed E-state index contributed by atoms with van der Waals surface area (Å²) in [5.74, 6) is 1.34. The zero-order chi connectivity index (χ0) is 18.6. The highest BCUT2D eigenvalue weighted by atomic mass is 127. The minimum Gasteiger partial charge on any atom is -0.378 e. The molecular weight excluding hydrogens is 473 g/mol. The second-order valence-corrected chi connectivity index (χ2v) is 8.11. The predicted octanol–water partition coefficient (Wildman–Crippen LogP) is 1.60. The Kier molecular flexibility index (Phi) is 8.06. The lowest BCUT2D eigenvalue weighted by atomic mass is 10.2. The molecule has 26 heavy (non-hydrogen) atoms. The molecule has 11 heteroatoms. The van der Waals surface area contributed by atoms with Gasteiger partial charge in [-0.3, -0.25) is 15.1 Å². The van der Waals surface area contributed by atoms with Crippen LogP contribution in [0.4, 0.5) is 11.4 Å². The number of rotatable bonds is 7. The molecule has 2 unspecified atom stereocenters. The van der Waals surface area contributed by atoms with Gasteiger partial charge in [0.05, 0.1) is 9.82 Å². The molecule has 0 saturated heterocycles. The summed E-state index contributed by atoms with van der Waals surface area (Å²) in [6.45, 7) is 3.08. The number of benzene rings is 1. The first-order valence-electron chi connectivity index (χ1n) is 7.92. The minimum absolute atomic E-state index is 0. The first-order valence-corrected chi connectivity index (χ1v) is 9.81. The number of nitro benzene ring substituents is 1. The van der Waals surface area contributed by atoms with Gasteiger partial charge in [0.25, 0.3) is 5.69 Å². The van der Waals surface area contributed by atoms with Crippen LogP contribution in [-0.2, 0) is 9.84 Å². The van der Waals surface area contributed by atoms with Crippen LogP contribution in [0, 0.1) is 16.0 Å². The van der Waals surface area contributed by atoms with E-state index in [4.69, 9.17) is 0 Å². The van der Waals surface area contributed by atoms with Gasteiger partial charge in [-0.15, -0.1) is 24.0 Å². The van der Waals surface area contributed by atoms with Gasteiger partial charge < -0.3 is 16.0 Å². The van der Waals surface area contributed by atoms with E-state index >= 15 is 0 Å². The molecule has 0 radical (unpaired) electrons. The molecule has 0 aliphatic heterocycles. The van der Waals surface area contributed by atoms with Crippen molar-refractivity contribution in [3.05, 3.63) is 28.3 Å². The Morgan fingerprint density at radius 3 is 2.54 bits per heavy atom. The maximum absolute atomic E-state index is 11.5. The minimum atomic E-state index is -3.49. The van der Waals surface area contributed by atoms with Crippen LogP contribution in [0.3, 0.4) is 0 Å². The van der Waals surface area contributed by atoms with Gasteiger partial charge in [0.15, 0.2) is 15.8 Å². The first-order chi connectivity index (χ1) is 11.7. The summed E-state index contributed by atoms with van der Waals surface area (Å²) >= 11 is 0. The summed E-state index contributed by atoms with van der Waals surface area (Å²) in [5, 5.41) is 20.5.